The number of piperidine rings is 2. The minimum absolute atomic E-state index is 0.0411. The molecule has 2 fully saturated rings. The molecule has 0 aliphatic carbocycles. The molecular weight excluding hydrogens is 446 g/mol. The monoisotopic (exact) mass is 481 g/mol. The van der Waals surface area contributed by atoms with Crippen molar-refractivity contribution in [2.45, 2.75) is 57.5 Å². The Morgan fingerprint density at radius 2 is 1.76 bits per heavy atom. The minimum atomic E-state index is -1.08. The minimum Gasteiger partial charge on any atom is -0.469 e. The average Bonchev–Trinajstić information content (AvgIpc) is 3.27. The highest BCUT2D eigenvalue weighted by Crippen LogP contribution is 2.42. The summed E-state index contributed by atoms with van der Waals surface area (Å²) in [7, 11) is 1.41. The van der Waals surface area contributed by atoms with Gasteiger partial charge in [-0.25, -0.2) is 0 Å². The molecular formula is C22H35N5O5S. The standard InChI is InChI=1S/C22H35N5O5S/c1-21(2,3)32-20(30)22(15-5-9-24-10-6-15,19-26-25-17(33-19)16(23)28)13-27-11-7-14(8-12-27)18(29)31-4/h14-15,24H,5-13H2,1-4H3,(H2,23,28). The zero-order chi connectivity index (χ0) is 24.2. The van der Waals surface area contributed by atoms with Crippen molar-refractivity contribution in [2.24, 2.45) is 17.6 Å². The molecule has 1 aromatic rings. The summed E-state index contributed by atoms with van der Waals surface area (Å²) in [6.45, 7) is 8.77. The van der Waals surface area contributed by atoms with Crippen molar-refractivity contribution >= 4 is 29.2 Å². The lowest BCUT2D eigenvalue weighted by molar-refractivity contribution is -0.167. The molecule has 2 saturated heterocycles. The predicted octanol–water partition coefficient (Wildman–Crippen LogP) is 1.10. The van der Waals surface area contributed by atoms with Gasteiger partial charge in [0.05, 0.1) is 13.0 Å². The van der Waals surface area contributed by atoms with Crippen LogP contribution >= 0.6 is 11.3 Å². The van der Waals surface area contributed by atoms with E-state index in [1.165, 1.54) is 7.11 Å². The molecule has 3 heterocycles. The lowest BCUT2D eigenvalue weighted by atomic mass is 9.70. The second-order valence-electron chi connectivity index (χ2n) is 9.85. The summed E-state index contributed by atoms with van der Waals surface area (Å²) in [6, 6.07) is 0. The lowest BCUT2D eigenvalue weighted by Gasteiger charge is -2.44. The fraction of sp³-hybridized carbons (Fsp3) is 0.773. The summed E-state index contributed by atoms with van der Waals surface area (Å²) < 4.78 is 10.9. The molecule has 11 heteroatoms. The van der Waals surface area contributed by atoms with Crippen LogP contribution in [0.2, 0.25) is 0 Å². The highest BCUT2D eigenvalue weighted by atomic mass is 32.1. The van der Waals surface area contributed by atoms with Crippen LogP contribution in [0.15, 0.2) is 0 Å². The molecule has 0 spiro atoms. The zero-order valence-electron chi connectivity index (χ0n) is 19.9. The van der Waals surface area contributed by atoms with Crippen LogP contribution in [0.1, 0.15) is 61.3 Å². The first-order valence-corrected chi connectivity index (χ1v) is 12.3. The Balaban J connectivity index is 1.99. The molecule has 3 N–H and O–H groups in total. The Labute approximate surface area is 198 Å². The third-order valence-electron chi connectivity index (χ3n) is 6.41. The van der Waals surface area contributed by atoms with Crippen LogP contribution in [0.25, 0.3) is 0 Å². The van der Waals surface area contributed by atoms with Crippen molar-refractivity contribution in [1.29, 1.82) is 0 Å². The molecule has 1 unspecified atom stereocenters. The van der Waals surface area contributed by atoms with Gasteiger partial charge in [0.1, 0.15) is 16.0 Å². The first kappa shape index (κ1) is 25.5. The molecule has 1 aromatic heterocycles. The highest BCUT2D eigenvalue weighted by Gasteiger charge is 2.53. The number of carbonyl (C=O) groups is 3. The summed E-state index contributed by atoms with van der Waals surface area (Å²) in [5.74, 6) is -1.39. The molecule has 2 aliphatic rings. The zero-order valence-corrected chi connectivity index (χ0v) is 20.7. The van der Waals surface area contributed by atoms with Crippen LogP contribution < -0.4 is 11.1 Å². The topological polar surface area (TPSA) is 137 Å². The fourth-order valence-corrected chi connectivity index (χ4v) is 5.67. The van der Waals surface area contributed by atoms with E-state index in [2.05, 4.69) is 20.4 Å². The van der Waals surface area contributed by atoms with E-state index in [0.29, 0.717) is 37.5 Å². The molecule has 33 heavy (non-hydrogen) atoms. The molecule has 1 atom stereocenters. The van der Waals surface area contributed by atoms with Gasteiger partial charge in [-0.05, 0) is 78.6 Å². The average molecular weight is 482 g/mol. The number of carbonyl (C=O) groups excluding carboxylic acids is 3. The first-order valence-electron chi connectivity index (χ1n) is 11.4. The Hall–Kier alpha value is -2.11. The number of likely N-dealkylation sites (tertiary alicyclic amines) is 1. The van der Waals surface area contributed by atoms with Gasteiger partial charge in [0, 0.05) is 6.54 Å². The Morgan fingerprint density at radius 1 is 1.12 bits per heavy atom. The molecule has 0 saturated carbocycles. The van der Waals surface area contributed by atoms with Crippen molar-refractivity contribution in [1.82, 2.24) is 20.4 Å². The number of methoxy groups -OCH3 is 1. The quantitative estimate of drug-likeness (QED) is 0.548. The van der Waals surface area contributed by atoms with Gasteiger partial charge in [-0.15, -0.1) is 10.2 Å². The third-order valence-corrected chi connectivity index (χ3v) is 7.53. The van der Waals surface area contributed by atoms with Crippen LogP contribution in [0.5, 0.6) is 0 Å². The summed E-state index contributed by atoms with van der Waals surface area (Å²) in [5, 5.41) is 12.2. The van der Waals surface area contributed by atoms with Crippen LogP contribution in [0, 0.1) is 11.8 Å². The van der Waals surface area contributed by atoms with Gasteiger partial charge in [-0.3, -0.25) is 14.4 Å². The van der Waals surface area contributed by atoms with Crippen molar-refractivity contribution < 1.29 is 23.9 Å². The molecule has 0 radical (unpaired) electrons. The second-order valence-corrected chi connectivity index (χ2v) is 10.8. The van der Waals surface area contributed by atoms with Crippen molar-refractivity contribution in [3.8, 4) is 0 Å². The number of amides is 1. The van der Waals surface area contributed by atoms with Crippen LogP contribution in [-0.2, 0) is 24.5 Å². The smallest absolute Gasteiger partial charge is 0.321 e. The van der Waals surface area contributed by atoms with E-state index in [-0.39, 0.29) is 28.8 Å². The van der Waals surface area contributed by atoms with Gasteiger partial charge in [0.25, 0.3) is 5.91 Å². The number of ether oxygens (including phenoxy) is 2. The van der Waals surface area contributed by atoms with Gasteiger partial charge < -0.3 is 25.4 Å². The number of esters is 2. The number of rotatable bonds is 7. The van der Waals surface area contributed by atoms with Gasteiger partial charge in [0.15, 0.2) is 0 Å². The predicted molar refractivity (Wildman–Crippen MR) is 123 cm³/mol. The molecule has 1 amide bonds. The maximum atomic E-state index is 13.9. The number of primary amides is 1. The first-order chi connectivity index (χ1) is 15.6. The summed E-state index contributed by atoms with van der Waals surface area (Å²) in [4.78, 5) is 39.9. The molecule has 2 aliphatic heterocycles. The number of hydrogen-bond donors (Lipinski definition) is 2. The van der Waals surface area contributed by atoms with E-state index in [9.17, 15) is 14.4 Å². The van der Waals surface area contributed by atoms with Gasteiger partial charge in [-0.2, -0.15) is 0 Å². The Kier molecular flexibility index (Phi) is 8.07. The van der Waals surface area contributed by atoms with Gasteiger partial charge >= 0.3 is 11.9 Å². The highest BCUT2D eigenvalue weighted by molar-refractivity contribution is 7.13. The Morgan fingerprint density at radius 3 is 2.27 bits per heavy atom. The molecule has 0 bridgehead atoms. The van der Waals surface area contributed by atoms with Crippen molar-refractivity contribution in [3.63, 3.8) is 0 Å². The molecule has 184 valence electrons. The van der Waals surface area contributed by atoms with Gasteiger partial charge in [-0.1, -0.05) is 11.3 Å². The van der Waals surface area contributed by atoms with Crippen molar-refractivity contribution in [3.05, 3.63) is 10.0 Å². The van der Waals surface area contributed by atoms with Crippen molar-refractivity contribution in [2.75, 3.05) is 39.8 Å². The summed E-state index contributed by atoms with van der Waals surface area (Å²) in [6.07, 6.45) is 2.85. The third kappa shape index (κ3) is 5.88. The number of nitrogens with two attached hydrogens (primary N) is 1. The largest absolute Gasteiger partial charge is 0.469 e. The molecule has 10 nitrogen and oxygen atoms in total. The second kappa shape index (κ2) is 10.4. The number of hydrogen-bond acceptors (Lipinski definition) is 10. The van der Waals surface area contributed by atoms with E-state index < -0.39 is 16.9 Å². The van der Waals surface area contributed by atoms with E-state index in [1.807, 2.05) is 20.8 Å². The maximum absolute atomic E-state index is 13.9. The van der Waals surface area contributed by atoms with Crippen LogP contribution in [0.4, 0.5) is 0 Å². The van der Waals surface area contributed by atoms with Gasteiger partial charge in [0.2, 0.25) is 5.01 Å². The molecule has 0 aromatic carbocycles. The van der Waals surface area contributed by atoms with Crippen LogP contribution in [-0.4, -0.2) is 78.4 Å². The van der Waals surface area contributed by atoms with E-state index >= 15 is 0 Å². The molecule has 3 rings (SSSR count). The number of aromatic nitrogens is 2. The fourth-order valence-electron chi connectivity index (χ4n) is 4.72. The SMILES string of the molecule is COC(=O)C1CCN(CC(C(=O)OC(C)(C)C)(c2nnc(C(N)=O)s2)C2CCNCC2)CC1. The maximum Gasteiger partial charge on any atom is 0.321 e. The van der Waals surface area contributed by atoms with Crippen LogP contribution in [0.3, 0.4) is 0 Å². The number of nitrogens with one attached hydrogen (secondary N) is 1. The Bertz CT molecular complexity index is 856. The van der Waals surface area contributed by atoms with E-state index in [4.69, 9.17) is 15.2 Å². The lowest BCUT2D eigenvalue weighted by Crippen LogP contribution is -2.57. The summed E-state index contributed by atoms with van der Waals surface area (Å²) in [5.41, 5.74) is 3.68. The normalized spacial score (nSPS) is 20.7. The summed E-state index contributed by atoms with van der Waals surface area (Å²) >= 11 is 1.07. The number of nitrogens with zero attached hydrogens (tertiary/aromatic N) is 3. The van der Waals surface area contributed by atoms with E-state index in [0.717, 1.165) is 37.3 Å². The van der Waals surface area contributed by atoms with E-state index in [1.54, 1.807) is 0 Å².